The van der Waals surface area contributed by atoms with Gasteiger partial charge < -0.3 is 13.9 Å². The van der Waals surface area contributed by atoms with E-state index in [1.165, 1.54) is 0 Å². The van der Waals surface area contributed by atoms with Crippen LogP contribution in [0.2, 0.25) is 0 Å². The number of hydrogen-bond donors (Lipinski definition) is 0. The van der Waals surface area contributed by atoms with Gasteiger partial charge in [0.1, 0.15) is 11.4 Å². The number of nitrogens with zero attached hydrogens (tertiary/aromatic N) is 2. The van der Waals surface area contributed by atoms with Crippen molar-refractivity contribution in [3.05, 3.63) is 95.8 Å². The molecule has 3 aromatic rings. The smallest absolute Gasteiger partial charge is 0.554 e. The average molecular weight is 330 g/mol. The second-order valence-electron chi connectivity index (χ2n) is 6.32. The van der Waals surface area contributed by atoms with Gasteiger partial charge in [0, 0.05) is 24.7 Å². The van der Waals surface area contributed by atoms with E-state index in [1.54, 1.807) is 12.1 Å². The molecule has 1 aliphatic heterocycles. The molecule has 0 saturated carbocycles. The molecular formula is C20H19BN2O2. The van der Waals surface area contributed by atoms with Gasteiger partial charge in [-0.05, 0) is 24.3 Å². The van der Waals surface area contributed by atoms with Crippen LogP contribution in [0.4, 0.5) is 5.69 Å². The minimum Gasteiger partial charge on any atom is -0.612 e. The Hall–Kier alpha value is -3.08. The van der Waals surface area contributed by atoms with Gasteiger partial charge >= 0.3 is 7.19 Å². The number of fused-ring (bicyclic) bond motifs is 1. The molecule has 0 aliphatic carbocycles. The Morgan fingerprint density at radius 2 is 1.64 bits per heavy atom. The van der Waals surface area contributed by atoms with E-state index in [2.05, 4.69) is 27.5 Å². The fourth-order valence-corrected chi connectivity index (χ4v) is 3.50. The molecular weight excluding hydrogens is 311 g/mol. The Morgan fingerprint density at radius 3 is 2.36 bits per heavy atom. The maximum Gasteiger partial charge on any atom is 0.554 e. The van der Waals surface area contributed by atoms with Crippen LogP contribution < -0.4 is 9.29 Å². The number of carbonyl (C=O) groups is 1. The van der Waals surface area contributed by atoms with Crippen molar-refractivity contribution in [2.75, 3.05) is 4.81 Å². The molecule has 2 aromatic carbocycles. The number of anilines is 1. The van der Waals surface area contributed by atoms with E-state index < -0.39 is 7.19 Å². The van der Waals surface area contributed by atoms with Gasteiger partial charge in [-0.3, -0.25) is 4.79 Å². The minimum atomic E-state index is -1.51. The lowest BCUT2D eigenvalue weighted by molar-refractivity contribution is -0.557. The maximum absolute atomic E-state index is 12.7. The molecule has 4 nitrogen and oxygen atoms in total. The lowest BCUT2D eigenvalue weighted by atomic mass is 9.96. The first-order valence-corrected chi connectivity index (χ1v) is 8.49. The molecule has 1 aromatic heterocycles. The van der Waals surface area contributed by atoms with Crippen molar-refractivity contribution in [3.8, 4) is 0 Å². The number of aromatic nitrogens is 1. The summed E-state index contributed by atoms with van der Waals surface area (Å²) in [6.07, 6.45) is 0. The first-order valence-electron chi connectivity index (χ1n) is 8.49. The Morgan fingerprint density at radius 1 is 0.960 bits per heavy atom. The zero-order chi connectivity index (χ0) is 17.2. The fourth-order valence-electron chi connectivity index (χ4n) is 3.50. The van der Waals surface area contributed by atoms with Crippen LogP contribution in [0.1, 0.15) is 21.7 Å². The van der Waals surface area contributed by atoms with Crippen LogP contribution in [0.3, 0.4) is 0 Å². The third-order valence-electron chi connectivity index (χ3n) is 4.74. The van der Waals surface area contributed by atoms with Crippen LogP contribution in [-0.2, 0) is 11.2 Å². The van der Waals surface area contributed by atoms with Crippen molar-refractivity contribution in [3.63, 3.8) is 0 Å². The zero-order valence-electron chi connectivity index (χ0n) is 14.1. The van der Waals surface area contributed by atoms with Crippen molar-refractivity contribution in [2.45, 2.75) is 13.5 Å². The summed E-state index contributed by atoms with van der Waals surface area (Å²) in [4.78, 5) is 14.8. The topological polar surface area (TPSA) is 33.4 Å². The van der Waals surface area contributed by atoms with Crippen molar-refractivity contribution >= 4 is 18.8 Å². The summed E-state index contributed by atoms with van der Waals surface area (Å²) in [5.41, 5.74) is 3.89. The van der Waals surface area contributed by atoms with Gasteiger partial charge in [0.2, 0.25) is 0 Å². The van der Waals surface area contributed by atoms with Gasteiger partial charge in [0.05, 0.1) is 12.1 Å². The van der Waals surface area contributed by atoms with E-state index >= 15 is 0 Å². The van der Waals surface area contributed by atoms with E-state index in [1.807, 2.05) is 55.5 Å². The number of para-hydroxylation sites is 1. The van der Waals surface area contributed by atoms with Crippen molar-refractivity contribution in [1.82, 2.24) is 0 Å². The summed E-state index contributed by atoms with van der Waals surface area (Å²) >= 11 is 0. The van der Waals surface area contributed by atoms with E-state index in [9.17, 15) is 4.79 Å². The minimum absolute atomic E-state index is 0.287. The quantitative estimate of drug-likeness (QED) is 0.693. The molecule has 0 amide bonds. The molecule has 0 spiro atoms. The molecule has 0 saturated heterocycles. The summed E-state index contributed by atoms with van der Waals surface area (Å²) in [6.45, 7) is 2.78. The highest BCUT2D eigenvalue weighted by molar-refractivity contribution is 6.50. The molecule has 1 aliphatic rings. The molecule has 0 unspecified atom stereocenters. The molecule has 0 radical (unpaired) electrons. The van der Waals surface area contributed by atoms with Gasteiger partial charge in [0.15, 0.2) is 0 Å². The summed E-state index contributed by atoms with van der Waals surface area (Å²) in [7, 11) is -1.51. The number of hydrogen-bond acceptors (Lipinski definition) is 3. The Bertz CT molecular complexity index is 900. The summed E-state index contributed by atoms with van der Waals surface area (Å²) in [5.74, 6) is -0.287. The second kappa shape index (κ2) is 6.44. The van der Waals surface area contributed by atoms with E-state index in [0.29, 0.717) is 5.56 Å². The van der Waals surface area contributed by atoms with Gasteiger partial charge in [-0.15, -0.1) is 0 Å². The summed E-state index contributed by atoms with van der Waals surface area (Å²) in [6, 6.07) is 25.5. The van der Waals surface area contributed by atoms with Crippen LogP contribution >= 0.6 is 0 Å². The normalized spacial score (nSPS) is 15.7. The average Bonchev–Trinajstić information content (AvgIpc) is 3.03. The van der Waals surface area contributed by atoms with Gasteiger partial charge in [-0.1, -0.05) is 42.5 Å². The number of benzene rings is 2. The largest absolute Gasteiger partial charge is 0.612 e. The molecule has 124 valence electrons. The molecule has 25 heavy (non-hydrogen) atoms. The first kappa shape index (κ1) is 15.5. The van der Waals surface area contributed by atoms with Crippen molar-refractivity contribution < 1.29 is 13.9 Å². The van der Waals surface area contributed by atoms with Crippen molar-refractivity contribution in [2.24, 2.45) is 0 Å². The molecule has 1 atom stereocenters. The van der Waals surface area contributed by atoms with Crippen LogP contribution in [0.15, 0.2) is 78.9 Å². The fraction of sp³-hybridized carbons (Fsp3) is 0.100. The highest BCUT2D eigenvalue weighted by Gasteiger charge is 2.38. The summed E-state index contributed by atoms with van der Waals surface area (Å²) in [5, 5.41) is 0. The SMILES string of the molecule is Cc1cccc2[n+]1[B@@H-](OC(=O)c1ccccc1)N(c1ccccc1)C2. The number of carbonyl (C=O) groups excluding carboxylic acids is 1. The lowest BCUT2D eigenvalue weighted by Gasteiger charge is -2.29. The van der Waals surface area contributed by atoms with Gasteiger partial charge in [-0.25, -0.2) is 0 Å². The monoisotopic (exact) mass is 330 g/mol. The number of pyridine rings is 1. The maximum atomic E-state index is 12.7. The molecule has 0 bridgehead atoms. The van der Waals surface area contributed by atoms with Crippen LogP contribution in [0.5, 0.6) is 0 Å². The first-order chi connectivity index (χ1) is 12.2. The highest BCUT2D eigenvalue weighted by Crippen LogP contribution is 2.22. The zero-order valence-corrected chi connectivity index (χ0v) is 14.1. The van der Waals surface area contributed by atoms with Crippen molar-refractivity contribution in [1.29, 1.82) is 0 Å². The highest BCUT2D eigenvalue weighted by atomic mass is 16.5. The predicted molar refractivity (Wildman–Crippen MR) is 98.4 cm³/mol. The molecule has 4 rings (SSSR count). The predicted octanol–water partition coefficient (Wildman–Crippen LogP) is 2.73. The summed E-state index contributed by atoms with van der Waals surface area (Å²) < 4.78 is 8.17. The molecule has 5 heteroatoms. The second-order valence-corrected chi connectivity index (χ2v) is 6.32. The standard InChI is InChI=1S/C20H19BN2O2/c1-16-9-8-14-19-15-22(18-12-6-3-7-13-18)21(23(16)19)25-20(24)17-10-4-2-5-11-17/h2-14,21H,15H2,1H3/t21-/m0/s1. The van der Waals surface area contributed by atoms with Crippen LogP contribution in [0, 0.1) is 6.92 Å². The lowest BCUT2D eigenvalue weighted by Crippen LogP contribution is -2.60. The number of rotatable bonds is 3. The van der Waals surface area contributed by atoms with E-state index in [-0.39, 0.29) is 5.97 Å². The molecule has 2 heterocycles. The Balaban J connectivity index is 1.72. The third-order valence-corrected chi connectivity index (χ3v) is 4.74. The third kappa shape index (κ3) is 2.89. The van der Waals surface area contributed by atoms with Crippen LogP contribution in [-0.4, -0.2) is 13.2 Å². The van der Waals surface area contributed by atoms with E-state index in [4.69, 9.17) is 4.65 Å². The molecule has 0 N–H and O–H groups in total. The van der Waals surface area contributed by atoms with Gasteiger partial charge in [0.25, 0.3) is 5.97 Å². The Labute approximate surface area is 147 Å². The van der Waals surface area contributed by atoms with Crippen LogP contribution in [0.25, 0.3) is 0 Å². The number of aryl methyl sites for hydroxylation is 1. The molecule has 0 fully saturated rings. The van der Waals surface area contributed by atoms with Gasteiger partial charge in [-0.2, -0.15) is 0 Å². The van der Waals surface area contributed by atoms with E-state index in [0.717, 1.165) is 23.6 Å². The Kier molecular flexibility index (Phi) is 3.98.